The van der Waals surface area contributed by atoms with Crippen LogP contribution in [0, 0.1) is 5.92 Å². The molecule has 2 heterocycles. The predicted octanol–water partition coefficient (Wildman–Crippen LogP) is 1.50. The van der Waals surface area contributed by atoms with E-state index in [1.807, 2.05) is 0 Å². The summed E-state index contributed by atoms with van der Waals surface area (Å²) in [6.45, 7) is 2.06. The van der Waals surface area contributed by atoms with Gasteiger partial charge in [0.2, 0.25) is 5.91 Å². The number of hydrogen-bond acceptors (Lipinski definition) is 6. The lowest BCUT2D eigenvalue weighted by atomic mass is 10.1. The van der Waals surface area contributed by atoms with Crippen LogP contribution in [0.3, 0.4) is 0 Å². The van der Waals surface area contributed by atoms with Crippen LogP contribution in [-0.4, -0.2) is 41.4 Å². The first-order valence-electron chi connectivity index (χ1n) is 6.49. The first-order chi connectivity index (χ1) is 10.0. The number of esters is 1. The van der Waals surface area contributed by atoms with Gasteiger partial charge in [0.1, 0.15) is 5.69 Å². The second-order valence-electron chi connectivity index (χ2n) is 4.77. The summed E-state index contributed by atoms with van der Waals surface area (Å²) in [5.74, 6) is 0.228. The highest BCUT2D eigenvalue weighted by atomic mass is 32.2. The molecule has 112 valence electrons. The average Bonchev–Trinajstić information content (AvgIpc) is 2.85. The van der Waals surface area contributed by atoms with Crippen molar-refractivity contribution >= 4 is 34.4 Å². The SMILES string of the molecule is COC(=O)c1cc(N2CC(CSC(C)=O)CC2=O)ccn1. The van der Waals surface area contributed by atoms with Gasteiger partial charge in [0.15, 0.2) is 5.12 Å². The van der Waals surface area contributed by atoms with Crippen LogP contribution in [0.2, 0.25) is 0 Å². The number of rotatable bonds is 4. The van der Waals surface area contributed by atoms with E-state index in [0.717, 1.165) is 0 Å². The third-order valence-corrected chi connectivity index (χ3v) is 4.22. The van der Waals surface area contributed by atoms with E-state index in [1.165, 1.54) is 32.0 Å². The normalized spacial score (nSPS) is 17.9. The molecule has 2 rings (SSSR count). The molecule has 7 heteroatoms. The molecule has 0 radical (unpaired) electrons. The van der Waals surface area contributed by atoms with Gasteiger partial charge in [-0.1, -0.05) is 11.8 Å². The average molecular weight is 308 g/mol. The number of ether oxygens (including phenoxy) is 1. The van der Waals surface area contributed by atoms with E-state index in [1.54, 1.807) is 17.0 Å². The van der Waals surface area contributed by atoms with E-state index in [0.29, 0.717) is 24.4 Å². The van der Waals surface area contributed by atoms with Crippen LogP contribution in [0.5, 0.6) is 0 Å². The van der Waals surface area contributed by atoms with E-state index in [2.05, 4.69) is 9.72 Å². The van der Waals surface area contributed by atoms with Crippen molar-refractivity contribution in [3.8, 4) is 0 Å². The molecule has 1 amide bonds. The number of methoxy groups -OCH3 is 1. The molecule has 0 aliphatic carbocycles. The number of pyridine rings is 1. The van der Waals surface area contributed by atoms with Crippen LogP contribution in [-0.2, 0) is 14.3 Å². The maximum Gasteiger partial charge on any atom is 0.356 e. The van der Waals surface area contributed by atoms with Gasteiger partial charge < -0.3 is 9.64 Å². The molecule has 1 fully saturated rings. The second-order valence-corrected chi connectivity index (χ2v) is 5.96. The monoisotopic (exact) mass is 308 g/mol. The molecule has 1 aromatic rings. The van der Waals surface area contributed by atoms with Crippen molar-refractivity contribution in [1.82, 2.24) is 4.98 Å². The van der Waals surface area contributed by atoms with Gasteiger partial charge in [0, 0.05) is 37.5 Å². The predicted molar refractivity (Wildman–Crippen MR) is 79.2 cm³/mol. The first-order valence-corrected chi connectivity index (χ1v) is 7.48. The maximum atomic E-state index is 12.1. The summed E-state index contributed by atoms with van der Waals surface area (Å²) in [7, 11) is 1.28. The fourth-order valence-corrected chi connectivity index (χ4v) is 2.88. The van der Waals surface area contributed by atoms with Gasteiger partial charge >= 0.3 is 5.97 Å². The van der Waals surface area contributed by atoms with Crippen molar-refractivity contribution in [2.45, 2.75) is 13.3 Å². The number of anilines is 1. The van der Waals surface area contributed by atoms with Crippen LogP contribution in [0.1, 0.15) is 23.8 Å². The lowest BCUT2D eigenvalue weighted by Crippen LogP contribution is -2.25. The quantitative estimate of drug-likeness (QED) is 0.785. The lowest BCUT2D eigenvalue weighted by molar-refractivity contribution is -0.117. The van der Waals surface area contributed by atoms with Crippen LogP contribution >= 0.6 is 11.8 Å². The molecular weight excluding hydrogens is 292 g/mol. The zero-order valence-corrected chi connectivity index (χ0v) is 12.7. The van der Waals surface area contributed by atoms with Crippen molar-refractivity contribution in [2.75, 3.05) is 24.3 Å². The van der Waals surface area contributed by atoms with Crippen molar-refractivity contribution in [3.05, 3.63) is 24.0 Å². The van der Waals surface area contributed by atoms with Gasteiger partial charge in [0.25, 0.3) is 0 Å². The Morgan fingerprint density at radius 3 is 2.95 bits per heavy atom. The van der Waals surface area contributed by atoms with Gasteiger partial charge in [-0.05, 0) is 18.1 Å². The van der Waals surface area contributed by atoms with Crippen LogP contribution < -0.4 is 4.90 Å². The fraction of sp³-hybridized carbons (Fsp3) is 0.429. The third-order valence-electron chi connectivity index (χ3n) is 3.18. The Bertz CT molecular complexity index is 576. The Morgan fingerprint density at radius 2 is 2.29 bits per heavy atom. The summed E-state index contributed by atoms with van der Waals surface area (Å²) in [6.07, 6.45) is 1.89. The van der Waals surface area contributed by atoms with Gasteiger partial charge in [-0.2, -0.15) is 0 Å². The summed E-state index contributed by atoms with van der Waals surface area (Å²) in [4.78, 5) is 40.1. The second kappa shape index (κ2) is 6.71. The minimum absolute atomic E-state index is 0.00818. The van der Waals surface area contributed by atoms with Gasteiger partial charge in [-0.3, -0.25) is 9.59 Å². The van der Waals surface area contributed by atoms with E-state index in [-0.39, 0.29) is 22.6 Å². The standard InChI is InChI=1S/C14H16N2O4S/c1-9(17)21-8-10-5-13(18)16(7-10)11-3-4-15-12(6-11)14(19)20-2/h3-4,6,10H,5,7-8H2,1-2H3. The zero-order valence-electron chi connectivity index (χ0n) is 11.9. The first kappa shape index (κ1) is 15.5. The number of hydrogen-bond donors (Lipinski definition) is 0. The lowest BCUT2D eigenvalue weighted by Gasteiger charge is -2.17. The van der Waals surface area contributed by atoms with E-state index in [4.69, 9.17) is 0 Å². The smallest absolute Gasteiger partial charge is 0.356 e. The van der Waals surface area contributed by atoms with E-state index >= 15 is 0 Å². The fourth-order valence-electron chi connectivity index (χ4n) is 2.18. The number of aromatic nitrogens is 1. The highest BCUT2D eigenvalue weighted by molar-refractivity contribution is 8.13. The molecule has 1 atom stereocenters. The van der Waals surface area contributed by atoms with E-state index < -0.39 is 5.97 Å². The number of thioether (sulfide) groups is 1. The molecule has 1 saturated heterocycles. The molecule has 6 nitrogen and oxygen atoms in total. The number of carbonyl (C=O) groups is 3. The van der Waals surface area contributed by atoms with Gasteiger partial charge in [0.05, 0.1) is 7.11 Å². The molecule has 0 spiro atoms. The minimum Gasteiger partial charge on any atom is -0.464 e. The molecule has 0 bridgehead atoms. The Morgan fingerprint density at radius 1 is 1.52 bits per heavy atom. The topological polar surface area (TPSA) is 76.6 Å². The van der Waals surface area contributed by atoms with Gasteiger partial charge in [-0.15, -0.1) is 0 Å². The number of nitrogens with zero attached hydrogens (tertiary/aromatic N) is 2. The van der Waals surface area contributed by atoms with Crippen molar-refractivity contribution < 1.29 is 19.1 Å². The summed E-state index contributed by atoms with van der Waals surface area (Å²) in [6, 6.07) is 3.23. The summed E-state index contributed by atoms with van der Waals surface area (Å²) in [5, 5.41) is 0.0535. The highest BCUT2D eigenvalue weighted by Gasteiger charge is 2.31. The Kier molecular flexibility index (Phi) is 4.95. The molecule has 1 aliphatic heterocycles. The molecule has 1 unspecified atom stereocenters. The summed E-state index contributed by atoms with van der Waals surface area (Å²) < 4.78 is 4.62. The third kappa shape index (κ3) is 3.81. The molecule has 21 heavy (non-hydrogen) atoms. The molecule has 0 N–H and O–H groups in total. The van der Waals surface area contributed by atoms with Crippen molar-refractivity contribution in [3.63, 3.8) is 0 Å². The Hall–Kier alpha value is -1.89. The van der Waals surface area contributed by atoms with Crippen molar-refractivity contribution in [1.29, 1.82) is 0 Å². The van der Waals surface area contributed by atoms with Gasteiger partial charge in [-0.25, -0.2) is 9.78 Å². The molecule has 0 saturated carbocycles. The van der Waals surface area contributed by atoms with Crippen LogP contribution in [0.15, 0.2) is 18.3 Å². The van der Waals surface area contributed by atoms with Crippen LogP contribution in [0.25, 0.3) is 0 Å². The zero-order chi connectivity index (χ0) is 15.4. The molecule has 1 aliphatic rings. The largest absolute Gasteiger partial charge is 0.464 e. The van der Waals surface area contributed by atoms with Crippen molar-refractivity contribution in [2.24, 2.45) is 5.92 Å². The summed E-state index contributed by atoms with van der Waals surface area (Å²) >= 11 is 1.24. The molecule has 0 aromatic carbocycles. The Labute approximate surface area is 126 Å². The maximum absolute atomic E-state index is 12.1. The summed E-state index contributed by atoms with van der Waals surface area (Å²) in [5.41, 5.74) is 0.801. The van der Waals surface area contributed by atoms with Crippen LogP contribution in [0.4, 0.5) is 5.69 Å². The molecular formula is C14H16N2O4S. The number of carbonyl (C=O) groups excluding carboxylic acids is 3. The highest BCUT2D eigenvalue weighted by Crippen LogP contribution is 2.27. The number of amides is 1. The molecule has 1 aromatic heterocycles. The van der Waals surface area contributed by atoms with E-state index in [9.17, 15) is 14.4 Å². The Balaban J connectivity index is 2.10. The minimum atomic E-state index is -0.535.